The summed E-state index contributed by atoms with van der Waals surface area (Å²) in [7, 11) is 0. The number of nitrogens with one attached hydrogen (secondary N) is 1. The number of carbonyl (C=O) groups is 1. The number of hydrogen-bond donors (Lipinski definition) is 1. The number of nitrogens with zero attached hydrogens (tertiary/aromatic N) is 1. The van der Waals surface area contributed by atoms with Gasteiger partial charge in [0.25, 0.3) is 0 Å². The van der Waals surface area contributed by atoms with Gasteiger partial charge in [-0.05, 0) is 91.3 Å². The molecule has 2 aliphatic carbocycles. The zero-order chi connectivity index (χ0) is 25.0. The van der Waals surface area contributed by atoms with E-state index in [1.54, 1.807) is 6.07 Å². The highest BCUT2D eigenvalue weighted by molar-refractivity contribution is 5.84. The Morgan fingerprint density at radius 2 is 1.91 bits per heavy atom. The van der Waals surface area contributed by atoms with Crippen LogP contribution in [0.2, 0.25) is 0 Å². The maximum atomic E-state index is 14.0. The Kier molecular flexibility index (Phi) is 6.23. The Hall–Kier alpha value is -2.34. The van der Waals surface area contributed by atoms with Gasteiger partial charge in [0.1, 0.15) is 0 Å². The average Bonchev–Trinajstić information content (AvgIpc) is 3.44. The van der Waals surface area contributed by atoms with Crippen molar-refractivity contribution < 1.29 is 18.0 Å². The zero-order valence-electron chi connectivity index (χ0n) is 20.8. The standard InChI is InChI=1S/C29H35F3N2O/c1-18(2)28(13-11-23(16-28)33-26-10-9-24-19(3)5-4-6-25(24)26)27(35)34-14-12-20-7-8-22(29(30,31)32)15-21(20)17-34/h4-8,15,18,23,26,33H,9-14,16-17H2,1-3H3/t23-,26?,28+/m1/s1. The van der Waals surface area contributed by atoms with Gasteiger partial charge in [-0.2, -0.15) is 13.2 Å². The molecule has 0 saturated heterocycles. The third-order valence-electron chi connectivity index (χ3n) is 8.86. The second-order valence-electron chi connectivity index (χ2n) is 11.1. The van der Waals surface area contributed by atoms with Crippen molar-refractivity contribution in [2.45, 2.75) is 84.1 Å². The Morgan fingerprint density at radius 3 is 2.66 bits per heavy atom. The number of alkyl halides is 3. The van der Waals surface area contributed by atoms with Gasteiger partial charge < -0.3 is 10.2 Å². The highest BCUT2D eigenvalue weighted by atomic mass is 19.4. The fourth-order valence-corrected chi connectivity index (χ4v) is 6.70. The monoisotopic (exact) mass is 484 g/mol. The molecule has 0 spiro atoms. The molecular weight excluding hydrogens is 449 g/mol. The molecule has 1 amide bonds. The highest BCUT2D eigenvalue weighted by Gasteiger charge is 2.50. The van der Waals surface area contributed by atoms with Gasteiger partial charge in [-0.3, -0.25) is 4.79 Å². The molecule has 3 atom stereocenters. The SMILES string of the molecule is Cc1cccc2c1CCC2N[C@@H]1CC[C@@](C(=O)N2CCc3ccc(C(F)(F)F)cc3C2)(C(C)C)C1. The third kappa shape index (κ3) is 4.39. The van der Waals surface area contributed by atoms with Crippen molar-refractivity contribution in [1.29, 1.82) is 0 Å². The minimum Gasteiger partial charge on any atom is -0.338 e. The van der Waals surface area contributed by atoms with Crippen LogP contribution in [-0.2, 0) is 30.4 Å². The minimum absolute atomic E-state index is 0.113. The Labute approximate surface area is 206 Å². The van der Waals surface area contributed by atoms with Crippen molar-refractivity contribution in [2.75, 3.05) is 6.54 Å². The molecule has 1 aliphatic heterocycles. The maximum absolute atomic E-state index is 14.0. The van der Waals surface area contributed by atoms with Crippen LogP contribution in [0.1, 0.15) is 79.0 Å². The van der Waals surface area contributed by atoms with Crippen LogP contribution in [0.25, 0.3) is 0 Å². The predicted octanol–water partition coefficient (Wildman–Crippen LogP) is 6.37. The number of amides is 1. The molecule has 2 aromatic rings. The molecular formula is C29H35F3N2O. The van der Waals surface area contributed by atoms with Crippen molar-refractivity contribution >= 4 is 5.91 Å². The van der Waals surface area contributed by atoms with Crippen LogP contribution in [0, 0.1) is 18.3 Å². The first kappa shape index (κ1) is 24.4. The molecule has 0 bridgehead atoms. The van der Waals surface area contributed by atoms with Crippen LogP contribution in [0.3, 0.4) is 0 Å². The number of aryl methyl sites for hydroxylation is 1. The summed E-state index contributed by atoms with van der Waals surface area (Å²) in [5.41, 5.74) is 4.65. The number of halogens is 3. The van der Waals surface area contributed by atoms with E-state index < -0.39 is 17.2 Å². The lowest BCUT2D eigenvalue weighted by molar-refractivity contribution is -0.145. The molecule has 0 radical (unpaired) electrons. The van der Waals surface area contributed by atoms with E-state index >= 15 is 0 Å². The smallest absolute Gasteiger partial charge is 0.338 e. The number of carbonyl (C=O) groups excluding carboxylic acids is 1. The van der Waals surface area contributed by atoms with Crippen molar-refractivity contribution in [2.24, 2.45) is 11.3 Å². The number of rotatable bonds is 4. The van der Waals surface area contributed by atoms with Crippen LogP contribution < -0.4 is 5.32 Å². The number of fused-ring (bicyclic) bond motifs is 2. The number of hydrogen-bond acceptors (Lipinski definition) is 2. The highest BCUT2D eigenvalue weighted by Crippen LogP contribution is 2.47. The van der Waals surface area contributed by atoms with Gasteiger partial charge in [0.2, 0.25) is 5.91 Å². The lowest BCUT2D eigenvalue weighted by Gasteiger charge is -2.40. The lowest BCUT2D eigenvalue weighted by Crippen LogP contribution is -2.48. The van der Waals surface area contributed by atoms with Crippen LogP contribution in [0.4, 0.5) is 13.2 Å². The summed E-state index contributed by atoms with van der Waals surface area (Å²) in [6.07, 6.45) is 0.963. The van der Waals surface area contributed by atoms with Gasteiger partial charge in [0.05, 0.1) is 11.0 Å². The second kappa shape index (κ2) is 8.95. The van der Waals surface area contributed by atoms with Crippen LogP contribution >= 0.6 is 0 Å². The topological polar surface area (TPSA) is 32.3 Å². The molecule has 3 nitrogen and oxygen atoms in total. The second-order valence-corrected chi connectivity index (χ2v) is 11.1. The molecule has 35 heavy (non-hydrogen) atoms. The van der Waals surface area contributed by atoms with Crippen LogP contribution in [0.5, 0.6) is 0 Å². The zero-order valence-corrected chi connectivity index (χ0v) is 20.8. The molecule has 1 heterocycles. The van der Waals surface area contributed by atoms with E-state index in [0.717, 1.165) is 43.7 Å². The summed E-state index contributed by atoms with van der Waals surface area (Å²) in [5.74, 6) is 0.283. The molecule has 1 saturated carbocycles. The van der Waals surface area contributed by atoms with E-state index in [1.807, 2.05) is 4.90 Å². The molecule has 5 rings (SSSR count). The molecule has 1 fully saturated rings. The molecule has 188 valence electrons. The molecule has 6 heteroatoms. The first-order chi connectivity index (χ1) is 16.6. The fourth-order valence-electron chi connectivity index (χ4n) is 6.70. The molecule has 3 aliphatic rings. The predicted molar refractivity (Wildman–Crippen MR) is 131 cm³/mol. The molecule has 2 aromatic carbocycles. The fraction of sp³-hybridized carbons (Fsp3) is 0.552. The summed E-state index contributed by atoms with van der Waals surface area (Å²) in [4.78, 5) is 15.8. The van der Waals surface area contributed by atoms with Crippen molar-refractivity contribution in [3.63, 3.8) is 0 Å². The van der Waals surface area contributed by atoms with Gasteiger partial charge >= 0.3 is 6.18 Å². The van der Waals surface area contributed by atoms with Gasteiger partial charge in [-0.25, -0.2) is 0 Å². The van der Waals surface area contributed by atoms with Gasteiger partial charge in [0, 0.05) is 25.2 Å². The normalized spacial score (nSPS) is 26.2. The van der Waals surface area contributed by atoms with Gasteiger partial charge in [-0.1, -0.05) is 38.1 Å². The third-order valence-corrected chi connectivity index (χ3v) is 8.86. The molecule has 1 N–H and O–H groups in total. The van der Waals surface area contributed by atoms with Crippen LogP contribution in [0.15, 0.2) is 36.4 Å². The van der Waals surface area contributed by atoms with Crippen molar-refractivity contribution in [3.8, 4) is 0 Å². The first-order valence-corrected chi connectivity index (χ1v) is 12.9. The first-order valence-electron chi connectivity index (χ1n) is 12.9. The largest absolute Gasteiger partial charge is 0.416 e. The van der Waals surface area contributed by atoms with E-state index in [9.17, 15) is 18.0 Å². The number of benzene rings is 2. The summed E-state index contributed by atoms with van der Waals surface area (Å²) in [5, 5.41) is 3.87. The van der Waals surface area contributed by atoms with Crippen molar-refractivity contribution in [1.82, 2.24) is 10.2 Å². The quantitative estimate of drug-likeness (QED) is 0.547. The van der Waals surface area contributed by atoms with E-state index in [4.69, 9.17) is 0 Å². The van der Waals surface area contributed by atoms with E-state index in [-0.39, 0.29) is 24.4 Å². The maximum Gasteiger partial charge on any atom is 0.416 e. The van der Waals surface area contributed by atoms with Gasteiger partial charge in [0.15, 0.2) is 0 Å². The molecule has 0 aromatic heterocycles. The Morgan fingerprint density at radius 1 is 1.11 bits per heavy atom. The summed E-state index contributed by atoms with van der Waals surface area (Å²) >= 11 is 0. The Bertz CT molecular complexity index is 1130. The summed E-state index contributed by atoms with van der Waals surface area (Å²) in [6, 6.07) is 11.1. The van der Waals surface area contributed by atoms with Crippen molar-refractivity contribution in [3.05, 3.63) is 69.8 Å². The van der Waals surface area contributed by atoms with Crippen LogP contribution in [-0.4, -0.2) is 23.4 Å². The Balaban J connectivity index is 1.32. The summed E-state index contributed by atoms with van der Waals surface area (Å²) < 4.78 is 39.8. The average molecular weight is 485 g/mol. The van der Waals surface area contributed by atoms with E-state index in [0.29, 0.717) is 24.6 Å². The van der Waals surface area contributed by atoms with Gasteiger partial charge in [-0.15, -0.1) is 0 Å². The summed E-state index contributed by atoms with van der Waals surface area (Å²) in [6.45, 7) is 7.24. The van der Waals surface area contributed by atoms with E-state index in [1.165, 1.54) is 22.8 Å². The molecule has 1 unspecified atom stereocenters. The van der Waals surface area contributed by atoms with E-state index in [2.05, 4.69) is 44.3 Å². The minimum atomic E-state index is -4.37. The lowest BCUT2D eigenvalue weighted by atomic mass is 9.73.